The molecule has 3 amide bonds. The van der Waals surface area contributed by atoms with Crippen molar-refractivity contribution in [3.05, 3.63) is 51.8 Å². The van der Waals surface area contributed by atoms with Crippen molar-refractivity contribution in [1.82, 2.24) is 9.88 Å². The van der Waals surface area contributed by atoms with E-state index in [1.807, 2.05) is 13.8 Å². The average molecular weight is 354 g/mol. The zero-order valence-corrected chi connectivity index (χ0v) is 14.3. The predicted octanol–water partition coefficient (Wildman–Crippen LogP) is 1.29. The Morgan fingerprint density at radius 1 is 1.19 bits per heavy atom. The highest BCUT2D eigenvalue weighted by Crippen LogP contribution is 2.26. The van der Waals surface area contributed by atoms with E-state index >= 15 is 0 Å². The molecule has 8 nitrogen and oxygen atoms in total. The zero-order chi connectivity index (χ0) is 19.0. The molecule has 0 fully saturated rings. The molecule has 1 aromatic carbocycles. The van der Waals surface area contributed by atoms with Crippen LogP contribution in [-0.2, 0) is 4.79 Å². The third-order valence-electron chi connectivity index (χ3n) is 3.97. The van der Waals surface area contributed by atoms with Gasteiger partial charge in [0.25, 0.3) is 17.4 Å². The van der Waals surface area contributed by atoms with Gasteiger partial charge < -0.3 is 11.1 Å². The smallest absolute Gasteiger partial charge is 0.262 e. The predicted molar refractivity (Wildman–Crippen MR) is 96.3 cm³/mol. The molecule has 134 valence electrons. The SMILES string of the molecule is CC(C)CC(=O)Nc1ccccc1-n1c(N)c2c(cc1=O)C(=O)NC2=O. The molecule has 0 saturated heterocycles. The number of aromatic nitrogens is 1. The van der Waals surface area contributed by atoms with E-state index in [0.717, 1.165) is 10.6 Å². The van der Waals surface area contributed by atoms with Crippen LogP contribution in [0.3, 0.4) is 0 Å². The van der Waals surface area contributed by atoms with E-state index < -0.39 is 17.4 Å². The number of amides is 3. The number of carbonyl (C=O) groups is 3. The molecule has 1 aliphatic heterocycles. The second-order valence-electron chi connectivity index (χ2n) is 6.44. The highest BCUT2D eigenvalue weighted by molar-refractivity contribution is 6.23. The third kappa shape index (κ3) is 2.97. The van der Waals surface area contributed by atoms with Gasteiger partial charge in [-0.1, -0.05) is 26.0 Å². The van der Waals surface area contributed by atoms with Crippen LogP contribution in [0, 0.1) is 5.92 Å². The van der Waals surface area contributed by atoms with Gasteiger partial charge in [-0.3, -0.25) is 29.1 Å². The van der Waals surface area contributed by atoms with Crippen molar-refractivity contribution in [2.24, 2.45) is 5.92 Å². The molecule has 0 radical (unpaired) electrons. The molecular formula is C18H18N4O4. The summed E-state index contributed by atoms with van der Waals surface area (Å²) in [6.45, 7) is 3.84. The van der Waals surface area contributed by atoms with Gasteiger partial charge in [0.15, 0.2) is 0 Å². The number of benzene rings is 1. The first-order valence-electron chi connectivity index (χ1n) is 8.10. The fraction of sp³-hybridized carbons (Fsp3) is 0.222. The monoisotopic (exact) mass is 354 g/mol. The molecule has 0 saturated carbocycles. The van der Waals surface area contributed by atoms with Crippen LogP contribution in [0.15, 0.2) is 35.1 Å². The first-order chi connectivity index (χ1) is 12.3. The summed E-state index contributed by atoms with van der Waals surface area (Å²) in [4.78, 5) is 48.4. The number of nitrogens with two attached hydrogens (primary N) is 1. The van der Waals surface area contributed by atoms with E-state index in [1.54, 1.807) is 24.3 Å². The molecule has 2 aromatic rings. The number of pyridine rings is 1. The molecule has 1 aromatic heterocycles. The second kappa shape index (κ2) is 6.47. The Morgan fingerprint density at radius 2 is 1.88 bits per heavy atom. The summed E-state index contributed by atoms with van der Waals surface area (Å²) in [7, 11) is 0. The Morgan fingerprint density at radius 3 is 2.58 bits per heavy atom. The number of imide groups is 1. The molecule has 0 bridgehead atoms. The Kier molecular flexibility index (Phi) is 4.33. The summed E-state index contributed by atoms with van der Waals surface area (Å²) >= 11 is 0. The van der Waals surface area contributed by atoms with Crippen LogP contribution in [-0.4, -0.2) is 22.3 Å². The Balaban J connectivity index is 2.13. The van der Waals surface area contributed by atoms with Crippen molar-refractivity contribution in [3.63, 3.8) is 0 Å². The molecular weight excluding hydrogens is 336 g/mol. The Bertz CT molecular complexity index is 991. The van der Waals surface area contributed by atoms with E-state index in [9.17, 15) is 19.2 Å². The molecule has 0 unspecified atom stereocenters. The number of nitrogens with one attached hydrogen (secondary N) is 2. The van der Waals surface area contributed by atoms with Gasteiger partial charge in [0, 0.05) is 12.5 Å². The number of carbonyl (C=O) groups excluding carboxylic acids is 3. The number of hydrogen-bond donors (Lipinski definition) is 3. The lowest BCUT2D eigenvalue weighted by molar-refractivity contribution is -0.116. The molecule has 4 N–H and O–H groups in total. The maximum Gasteiger partial charge on any atom is 0.262 e. The molecule has 1 aliphatic rings. The van der Waals surface area contributed by atoms with Crippen LogP contribution in [0.2, 0.25) is 0 Å². The quantitative estimate of drug-likeness (QED) is 0.714. The summed E-state index contributed by atoms with van der Waals surface area (Å²) in [5, 5.41) is 4.88. The fourth-order valence-corrected chi connectivity index (χ4v) is 2.87. The summed E-state index contributed by atoms with van der Waals surface area (Å²) < 4.78 is 1.11. The van der Waals surface area contributed by atoms with Gasteiger partial charge >= 0.3 is 0 Å². The molecule has 0 spiro atoms. The van der Waals surface area contributed by atoms with Crippen molar-refractivity contribution in [1.29, 1.82) is 0 Å². The second-order valence-corrected chi connectivity index (χ2v) is 6.44. The number of nitrogen functional groups attached to an aromatic ring is 1. The van der Waals surface area contributed by atoms with Crippen LogP contribution in [0.4, 0.5) is 11.5 Å². The van der Waals surface area contributed by atoms with Gasteiger partial charge in [-0.15, -0.1) is 0 Å². The van der Waals surface area contributed by atoms with Crippen molar-refractivity contribution < 1.29 is 14.4 Å². The van der Waals surface area contributed by atoms with Gasteiger partial charge in [0.1, 0.15) is 5.82 Å². The lowest BCUT2D eigenvalue weighted by Crippen LogP contribution is -2.25. The lowest BCUT2D eigenvalue weighted by Gasteiger charge is -2.16. The Labute approximate surface area is 149 Å². The molecule has 8 heteroatoms. The first-order valence-corrected chi connectivity index (χ1v) is 8.10. The van der Waals surface area contributed by atoms with E-state index in [-0.39, 0.29) is 28.8 Å². The van der Waals surface area contributed by atoms with E-state index in [4.69, 9.17) is 5.73 Å². The number of hydrogen-bond acceptors (Lipinski definition) is 5. The minimum absolute atomic E-state index is 0.0436. The number of anilines is 2. The average Bonchev–Trinajstić information content (AvgIpc) is 2.82. The number of nitrogens with zero attached hydrogens (tertiary/aromatic N) is 1. The largest absolute Gasteiger partial charge is 0.384 e. The maximum absolute atomic E-state index is 12.5. The molecule has 0 atom stereocenters. The van der Waals surface area contributed by atoms with Crippen LogP contribution in [0.5, 0.6) is 0 Å². The molecule has 2 heterocycles. The zero-order valence-electron chi connectivity index (χ0n) is 14.3. The van der Waals surface area contributed by atoms with E-state index in [2.05, 4.69) is 10.6 Å². The van der Waals surface area contributed by atoms with Crippen LogP contribution < -0.4 is 21.9 Å². The van der Waals surface area contributed by atoms with Crippen molar-refractivity contribution in [3.8, 4) is 5.69 Å². The van der Waals surface area contributed by atoms with Gasteiger partial charge in [-0.25, -0.2) is 0 Å². The Hall–Kier alpha value is -3.42. The van der Waals surface area contributed by atoms with Crippen LogP contribution in [0.25, 0.3) is 5.69 Å². The third-order valence-corrected chi connectivity index (χ3v) is 3.97. The van der Waals surface area contributed by atoms with Crippen LogP contribution >= 0.6 is 0 Å². The fourth-order valence-electron chi connectivity index (χ4n) is 2.87. The number of fused-ring (bicyclic) bond motifs is 1. The van der Waals surface area contributed by atoms with Crippen molar-refractivity contribution >= 4 is 29.2 Å². The standard InChI is InChI=1S/C18H18N4O4/c1-9(2)7-13(23)20-11-5-3-4-6-12(11)22-14(24)8-10-15(16(22)19)18(26)21-17(10)25/h3-6,8-9H,7,19H2,1-2H3,(H,20,23)(H,21,25,26). The highest BCUT2D eigenvalue weighted by atomic mass is 16.2. The lowest BCUT2D eigenvalue weighted by atomic mass is 10.1. The summed E-state index contributed by atoms with van der Waals surface area (Å²) in [6.07, 6.45) is 0.319. The minimum Gasteiger partial charge on any atom is -0.384 e. The number of para-hydroxylation sites is 2. The summed E-state index contributed by atoms with van der Waals surface area (Å²) in [5.74, 6) is -1.49. The van der Waals surface area contributed by atoms with Crippen LogP contribution in [0.1, 0.15) is 41.0 Å². The summed E-state index contributed by atoms with van der Waals surface area (Å²) in [5.41, 5.74) is 6.08. The number of rotatable bonds is 4. The highest BCUT2D eigenvalue weighted by Gasteiger charge is 2.32. The van der Waals surface area contributed by atoms with Gasteiger partial charge in [0.05, 0.1) is 22.5 Å². The van der Waals surface area contributed by atoms with Crippen molar-refractivity contribution in [2.45, 2.75) is 20.3 Å². The van der Waals surface area contributed by atoms with E-state index in [0.29, 0.717) is 17.8 Å². The minimum atomic E-state index is -0.655. The van der Waals surface area contributed by atoms with Crippen molar-refractivity contribution in [2.75, 3.05) is 11.1 Å². The summed E-state index contributed by atoms with van der Waals surface area (Å²) in [6, 6.07) is 7.69. The first kappa shape index (κ1) is 17.4. The molecule has 26 heavy (non-hydrogen) atoms. The van der Waals surface area contributed by atoms with Gasteiger partial charge in [-0.05, 0) is 18.1 Å². The topological polar surface area (TPSA) is 123 Å². The molecule has 3 rings (SSSR count). The van der Waals surface area contributed by atoms with Gasteiger partial charge in [0.2, 0.25) is 5.91 Å². The normalized spacial score (nSPS) is 12.9. The van der Waals surface area contributed by atoms with E-state index in [1.165, 1.54) is 0 Å². The molecule has 0 aliphatic carbocycles. The maximum atomic E-state index is 12.5. The van der Waals surface area contributed by atoms with Gasteiger partial charge in [-0.2, -0.15) is 0 Å².